The molecule has 1 heterocycles. The van der Waals surface area contributed by atoms with Gasteiger partial charge in [-0.05, 0) is 26.0 Å². The molecule has 2 aromatic rings. The Labute approximate surface area is 131 Å². The molecule has 1 unspecified atom stereocenters. The number of likely N-dealkylation sites (N-methyl/N-ethyl adjacent to an activating group) is 1. The SMILES string of the molecule is CCN(C(=O)CNCCOC)C(C)c1cc2ccccc2o1. The van der Waals surface area contributed by atoms with Crippen molar-refractivity contribution < 1.29 is 13.9 Å². The summed E-state index contributed by atoms with van der Waals surface area (Å²) in [5, 5.41) is 4.15. The Kier molecular flexibility index (Phi) is 5.98. The van der Waals surface area contributed by atoms with E-state index >= 15 is 0 Å². The van der Waals surface area contributed by atoms with Crippen molar-refractivity contribution in [3.05, 3.63) is 36.1 Å². The summed E-state index contributed by atoms with van der Waals surface area (Å²) < 4.78 is 10.8. The molecule has 0 aliphatic rings. The number of rotatable bonds is 8. The van der Waals surface area contributed by atoms with Gasteiger partial charge in [-0.3, -0.25) is 4.79 Å². The maximum atomic E-state index is 12.3. The van der Waals surface area contributed by atoms with Crippen molar-refractivity contribution in [3.8, 4) is 0 Å². The van der Waals surface area contributed by atoms with Gasteiger partial charge < -0.3 is 19.4 Å². The van der Waals surface area contributed by atoms with E-state index in [-0.39, 0.29) is 11.9 Å². The minimum Gasteiger partial charge on any atom is -0.459 e. The highest BCUT2D eigenvalue weighted by Crippen LogP contribution is 2.27. The first-order chi connectivity index (χ1) is 10.7. The molecule has 0 fully saturated rings. The number of para-hydroxylation sites is 1. The molecule has 0 saturated heterocycles. The quantitative estimate of drug-likeness (QED) is 0.762. The molecule has 5 heteroatoms. The number of benzene rings is 1. The molecule has 0 radical (unpaired) electrons. The Balaban J connectivity index is 2.04. The molecule has 120 valence electrons. The van der Waals surface area contributed by atoms with Crippen LogP contribution in [0.4, 0.5) is 0 Å². The van der Waals surface area contributed by atoms with Gasteiger partial charge in [0.1, 0.15) is 11.3 Å². The summed E-state index contributed by atoms with van der Waals surface area (Å²) in [5.74, 6) is 0.875. The number of hydrogen-bond donors (Lipinski definition) is 1. The lowest BCUT2D eigenvalue weighted by atomic mass is 10.2. The van der Waals surface area contributed by atoms with Crippen LogP contribution in [0.2, 0.25) is 0 Å². The molecule has 0 aliphatic heterocycles. The van der Waals surface area contributed by atoms with E-state index < -0.39 is 0 Å². The minimum absolute atomic E-state index is 0.0616. The number of amides is 1. The second kappa shape index (κ2) is 7.96. The van der Waals surface area contributed by atoms with Crippen molar-refractivity contribution in [1.29, 1.82) is 0 Å². The lowest BCUT2D eigenvalue weighted by Gasteiger charge is -2.26. The van der Waals surface area contributed by atoms with E-state index in [9.17, 15) is 4.79 Å². The van der Waals surface area contributed by atoms with Crippen LogP contribution in [-0.4, -0.2) is 44.2 Å². The van der Waals surface area contributed by atoms with E-state index in [0.717, 1.165) is 16.7 Å². The Hall–Kier alpha value is -1.85. The van der Waals surface area contributed by atoms with Crippen molar-refractivity contribution >= 4 is 16.9 Å². The Morgan fingerprint density at radius 2 is 2.18 bits per heavy atom. The van der Waals surface area contributed by atoms with Crippen LogP contribution in [0.15, 0.2) is 34.7 Å². The summed E-state index contributed by atoms with van der Waals surface area (Å²) in [6, 6.07) is 9.80. The highest BCUT2D eigenvalue weighted by Gasteiger charge is 2.22. The molecular formula is C17H24N2O3. The molecule has 1 aromatic heterocycles. The van der Waals surface area contributed by atoms with E-state index in [2.05, 4.69) is 5.32 Å². The molecule has 0 saturated carbocycles. The fraction of sp³-hybridized carbons (Fsp3) is 0.471. The minimum atomic E-state index is -0.0888. The summed E-state index contributed by atoms with van der Waals surface area (Å²) >= 11 is 0. The van der Waals surface area contributed by atoms with Crippen molar-refractivity contribution in [1.82, 2.24) is 10.2 Å². The van der Waals surface area contributed by atoms with Gasteiger partial charge in [0, 0.05) is 25.6 Å². The van der Waals surface area contributed by atoms with Gasteiger partial charge in [-0.1, -0.05) is 18.2 Å². The molecule has 1 amide bonds. The molecule has 22 heavy (non-hydrogen) atoms. The first-order valence-corrected chi connectivity index (χ1v) is 7.65. The predicted molar refractivity (Wildman–Crippen MR) is 86.8 cm³/mol. The van der Waals surface area contributed by atoms with Gasteiger partial charge in [-0.2, -0.15) is 0 Å². The molecule has 0 spiro atoms. The zero-order chi connectivity index (χ0) is 15.9. The highest BCUT2D eigenvalue weighted by atomic mass is 16.5. The first kappa shape index (κ1) is 16.5. The molecule has 0 aliphatic carbocycles. The summed E-state index contributed by atoms with van der Waals surface area (Å²) in [7, 11) is 1.64. The number of carbonyl (C=O) groups is 1. The van der Waals surface area contributed by atoms with E-state index in [1.165, 1.54) is 0 Å². The lowest BCUT2D eigenvalue weighted by Crippen LogP contribution is -2.40. The van der Waals surface area contributed by atoms with Gasteiger partial charge in [0.15, 0.2) is 0 Å². The first-order valence-electron chi connectivity index (χ1n) is 7.65. The van der Waals surface area contributed by atoms with E-state index in [4.69, 9.17) is 9.15 Å². The number of fused-ring (bicyclic) bond motifs is 1. The van der Waals surface area contributed by atoms with Crippen molar-refractivity contribution in [3.63, 3.8) is 0 Å². The molecule has 1 atom stereocenters. The van der Waals surface area contributed by atoms with Crippen molar-refractivity contribution in [2.24, 2.45) is 0 Å². The van der Waals surface area contributed by atoms with Gasteiger partial charge in [-0.25, -0.2) is 0 Å². The van der Waals surface area contributed by atoms with Gasteiger partial charge >= 0.3 is 0 Å². The summed E-state index contributed by atoms with van der Waals surface area (Å²) in [6.45, 7) is 6.18. The number of methoxy groups -OCH3 is 1. The average molecular weight is 304 g/mol. The third-order valence-corrected chi connectivity index (χ3v) is 3.74. The van der Waals surface area contributed by atoms with Gasteiger partial charge in [0.05, 0.1) is 19.2 Å². The average Bonchev–Trinajstić information content (AvgIpc) is 2.96. The van der Waals surface area contributed by atoms with E-state index in [1.54, 1.807) is 7.11 Å². The van der Waals surface area contributed by atoms with Crippen LogP contribution in [0.25, 0.3) is 11.0 Å². The molecule has 0 bridgehead atoms. The number of carbonyl (C=O) groups excluding carboxylic acids is 1. The van der Waals surface area contributed by atoms with Crippen LogP contribution in [0.1, 0.15) is 25.6 Å². The monoisotopic (exact) mass is 304 g/mol. The van der Waals surface area contributed by atoms with Crippen molar-refractivity contribution in [2.45, 2.75) is 19.9 Å². The summed E-state index contributed by atoms with van der Waals surface area (Å²) in [6.07, 6.45) is 0. The normalized spacial score (nSPS) is 12.5. The summed E-state index contributed by atoms with van der Waals surface area (Å²) in [5.41, 5.74) is 0.853. The van der Waals surface area contributed by atoms with E-state index in [0.29, 0.717) is 26.2 Å². The lowest BCUT2D eigenvalue weighted by molar-refractivity contribution is -0.132. The fourth-order valence-electron chi connectivity index (χ4n) is 2.50. The predicted octanol–water partition coefficient (Wildman–Crippen LogP) is 2.58. The van der Waals surface area contributed by atoms with Gasteiger partial charge in [0.2, 0.25) is 5.91 Å². The Morgan fingerprint density at radius 1 is 1.41 bits per heavy atom. The Morgan fingerprint density at radius 3 is 2.86 bits per heavy atom. The number of nitrogens with zero attached hydrogens (tertiary/aromatic N) is 1. The number of nitrogens with one attached hydrogen (secondary N) is 1. The third-order valence-electron chi connectivity index (χ3n) is 3.74. The number of ether oxygens (including phenoxy) is 1. The maximum Gasteiger partial charge on any atom is 0.237 e. The number of furan rings is 1. The second-order valence-corrected chi connectivity index (χ2v) is 5.21. The van der Waals surface area contributed by atoms with Gasteiger partial charge in [0.25, 0.3) is 0 Å². The topological polar surface area (TPSA) is 54.7 Å². The number of hydrogen-bond acceptors (Lipinski definition) is 4. The third kappa shape index (κ3) is 3.87. The van der Waals surface area contributed by atoms with Crippen LogP contribution in [0.3, 0.4) is 0 Å². The smallest absolute Gasteiger partial charge is 0.237 e. The second-order valence-electron chi connectivity index (χ2n) is 5.21. The van der Waals surface area contributed by atoms with Crippen LogP contribution in [0.5, 0.6) is 0 Å². The maximum absolute atomic E-state index is 12.3. The Bertz CT molecular complexity index is 576. The molecular weight excluding hydrogens is 280 g/mol. The van der Waals surface area contributed by atoms with E-state index in [1.807, 2.05) is 49.1 Å². The van der Waals surface area contributed by atoms with Gasteiger partial charge in [-0.15, -0.1) is 0 Å². The standard InChI is InChI=1S/C17H24N2O3/c1-4-19(17(20)12-18-9-10-21-3)13(2)16-11-14-7-5-6-8-15(14)22-16/h5-8,11,13,18H,4,9-10,12H2,1-3H3. The van der Waals surface area contributed by atoms with Crippen LogP contribution < -0.4 is 5.32 Å². The molecule has 5 nitrogen and oxygen atoms in total. The molecule has 1 aromatic carbocycles. The fourth-order valence-corrected chi connectivity index (χ4v) is 2.50. The highest BCUT2D eigenvalue weighted by molar-refractivity contribution is 5.80. The summed E-state index contributed by atoms with van der Waals surface area (Å²) in [4.78, 5) is 14.2. The van der Waals surface area contributed by atoms with Crippen LogP contribution in [0, 0.1) is 0 Å². The van der Waals surface area contributed by atoms with Crippen LogP contribution in [-0.2, 0) is 9.53 Å². The zero-order valence-corrected chi connectivity index (χ0v) is 13.5. The van der Waals surface area contributed by atoms with Crippen molar-refractivity contribution in [2.75, 3.05) is 33.4 Å². The largest absolute Gasteiger partial charge is 0.459 e. The van der Waals surface area contributed by atoms with Crippen LogP contribution >= 0.6 is 0 Å². The molecule has 2 rings (SSSR count). The molecule has 1 N–H and O–H groups in total. The zero-order valence-electron chi connectivity index (χ0n) is 13.5.